The molecule has 1 heterocycles. The van der Waals surface area contributed by atoms with E-state index in [2.05, 4.69) is 21.7 Å². The number of hydrogen-bond donors (Lipinski definition) is 2. The topological polar surface area (TPSA) is 54.0 Å². The van der Waals surface area contributed by atoms with Crippen LogP contribution in [0.2, 0.25) is 0 Å². The zero-order valence-corrected chi connectivity index (χ0v) is 12.2. The van der Waals surface area contributed by atoms with Gasteiger partial charge in [-0.25, -0.2) is 0 Å². The van der Waals surface area contributed by atoms with E-state index >= 15 is 0 Å². The average Bonchev–Trinajstić information content (AvgIpc) is 2.37. The van der Waals surface area contributed by atoms with Crippen LogP contribution in [0, 0.1) is 0 Å². The molecule has 4 heteroatoms. The number of fused-ring (bicyclic) bond motifs is 1. The summed E-state index contributed by atoms with van der Waals surface area (Å²) in [6.07, 6.45) is 3.70. The lowest BCUT2D eigenvalue weighted by atomic mass is 10.1. The first-order valence-electron chi connectivity index (χ1n) is 6.79. The van der Waals surface area contributed by atoms with Gasteiger partial charge in [-0.2, -0.15) is 0 Å². The van der Waals surface area contributed by atoms with E-state index in [0.717, 1.165) is 10.9 Å². The average molecular weight is 271 g/mol. The summed E-state index contributed by atoms with van der Waals surface area (Å²) >= 11 is 0. The van der Waals surface area contributed by atoms with E-state index in [0.29, 0.717) is 13.1 Å². The highest BCUT2D eigenvalue weighted by atomic mass is 16.2. The molecule has 0 saturated carbocycles. The fourth-order valence-corrected chi connectivity index (χ4v) is 2.09. The molecule has 2 aromatic rings. The minimum absolute atomic E-state index is 0.00527. The van der Waals surface area contributed by atoms with Gasteiger partial charge in [0, 0.05) is 29.9 Å². The summed E-state index contributed by atoms with van der Waals surface area (Å²) in [6.45, 7) is 6.85. The second-order valence-electron chi connectivity index (χ2n) is 5.92. The third-order valence-corrected chi connectivity index (χ3v) is 2.87. The first-order valence-corrected chi connectivity index (χ1v) is 6.79. The van der Waals surface area contributed by atoms with Gasteiger partial charge in [0.05, 0.1) is 6.54 Å². The highest BCUT2D eigenvalue weighted by Crippen LogP contribution is 2.16. The molecule has 0 aliphatic rings. The van der Waals surface area contributed by atoms with Crippen LogP contribution in [0.5, 0.6) is 0 Å². The molecule has 0 aliphatic heterocycles. The number of hydrogen-bond acceptors (Lipinski definition) is 3. The molecule has 0 fully saturated rings. The standard InChI is InChI=1S/C16H21N3O/c1-16(2,3)19-15(20)11-18-10-13-9-17-8-12-6-4-5-7-14(12)13/h4-9,18H,10-11H2,1-3H3,(H,19,20). The maximum Gasteiger partial charge on any atom is 0.234 e. The van der Waals surface area contributed by atoms with Gasteiger partial charge in [-0.15, -0.1) is 0 Å². The Bertz CT molecular complexity index is 597. The van der Waals surface area contributed by atoms with Crippen LogP contribution in [-0.2, 0) is 11.3 Å². The molecule has 2 N–H and O–H groups in total. The lowest BCUT2D eigenvalue weighted by Crippen LogP contribution is -2.44. The number of pyridine rings is 1. The lowest BCUT2D eigenvalue weighted by Gasteiger charge is -2.20. The van der Waals surface area contributed by atoms with Crippen LogP contribution in [0.3, 0.4) is 0 Å². The summed E-state index contributed by atoms with van der Waals surface area (Å²) in [5, 5.41) is 8.38. The number of amides is 1. The Morgan fingerprint density at radius 1 is 1.20 bits per heavy atom. The van der Waals surface area contributed by atoms with Crippen LogP contribution in [0.1, 0.15) is 26.3 Å². The van der Waals surface area contributed by atoms with Crippen molar-refractivity contribution in [1.29, 1.82) is 0 Å². The number of carbonyl (C=O) groups excluding carboxylic acids is 1. The summed E-state index contributed by atoms with van der Waals surface area (Å²) in [6, 6.07) is 8.12. The molecule has 0 unspecified atom stereocenters. The Balaban J connectivity index is 1.95. The summed E-state index contributed by atoms with van der Waals surface area (Å²) < 4.78 is 0. The summed E-state index contributed by atoms with van der Waals surface area (Å²) in [7, 11) is 0. The first-order chi connectivity index (χ1) is 9.46. The molecular formula is C16H21N3O. The first kappa shape index (κ1) is 14.5. The van der Waals surface area contributed by atoms with Crippen molar-refractivity contribution in [2.45, 2.75) is 32.9 Å². The summed E-state index contributed by atoms with van der Waals surface area (Å²) in [4.78, 5) is 16.0. The predicted octanol–water partition coefficient (Wildman–Crippen LogP) is 2.24. The largest absolute Gasteiger partial charge is 0.350 e. The normalized spacial score (nSPS) is 11.6. The van der Waals surface area contributed by atoms with Gasteiger partial charge in [0.1, 0.15) is 0 Å². The van der Waals surface area contributed by atoms with E-state index in [1.54, 1.807) is 0 Å². The molecular weight excluding hydrogens is 250 g/mol. The number of nitrogens with zero attached hydrogens (tertiary/aromatic N) is 1. The van der Waals surface area contributed by atoms with Crippen LogP contribution in [0.25, 0.3) is 10.8 Å². The Morgan fingerprint density at radius 3 is 2.70 bits per heavy atom. The second-order valence-corrected chi connectivity index (χ2v) is 5.92. The van der Waals surface area contributed by atoms with Crippen molar-refractivity contribution >= 4 is 16.7 Å². The van der Waals surface area contributed by atoms with E-state index in [9.17, 15) is 4.79 Å². The Kier molecular flexibility index (Phi) is 4.35. The van der Waals surface area contributed by atoms with Gasteiger partial charge in [0.15, 0.2) is 0 Å². The molecule has 1 amide bonds. The molecule has 0 radical (unpaired) electrons. The summed E-state index contributed by atoms with van der Waals surface area (Å²) in [5.41, 5.74) is 0.909. The lowest BCUT2D eigenvalue weighted by molar-refractivity contribution is -0.121. The second kappa shape index (κ2) is 6.01. The van der Waals surface area contributed by atoms with Gasteiger partial charge in [-0.3, -0.25) is 9.78 Å². The van der Waals surface area contributed by atoms with Crippen molar-refractivity contribution in [3.63, 3.8) is 0 Å². The third kappa shape index (κ3) is 4.03. The molecule has 4 nitrogen and oxygen atoms in total. The molecule has 0 atom stereocenters. The highest BCUT2D eigenvalue weighted by molar-refractivity contribution is 5.84. The minimum atomic E-state index is -0.195. The van der Waals surface area contributed by atoms with Crippen molar-refractivity contribution in [3.05, 3.63) is 42.2 Å². The van der Waals surface area contributed by atoms with Crippen molar-refractivity contribution in [1.82, 2.24) is 15.6 Å². The molecule has 2 rings (SSSR count). The van der Waals surface area contributed by atoms with Crippen molar-refractivity contribution in [3.8, 4) is 0 Å². The molecule has 0 spiro atoms. The van der Waals surface area contributed by atoms with Gasteiger partial charge in [-0.1, -0.05) is 24.3 Å². The number of benzene rings is 1. The van der Waals surface area contributed by atoms with Crippen LogP contribution < -0.4 is 10.6 Å². The third-order valence-electron chi connectivity index (χ3n) is 2.87. The highest BCUT2D eigenvalue weighted by Gasteiger charge is 2.13. The molecule has 0 aliphatic carbocycles. The fourth-order valence-electron chi connectivity index (χ4n) is 2.09. The monoisotopic (exact) mass is 271 g/mol. The number of nitrogens with one attached hydrogen (secondary N) is 2. The molecule has 0 bridgehead atoms. The van der Waals surface area contributed by atoms with E-state index < -0.39 is 0 Å². The maximum atomic E-state index is 11.7. The zero-order chi connectivity index (χ0) is 14.6. The summed E-state index contributed by atoms with van der Waals surface area (Å²) in [5.74, 6) is 0.00527. The quantitative estimate of drug-likeness (QED) is 0.896. The Morgan fingerprint density at radius 2 is 1.95 bits per heavy atom. The number of rotatable bonds is 4. The van der Waals surface area contributed by atoms with Crippen LogP contribution in [0.4, 0.5) is 0 Å². The fraction of sp³-hybridized carbons (Fsp3) is 0.375. The number of carbonyl (C=O) groups is 1. The molecule has 1 aromatic carbocycles. The van der Waals surface area contributed by atoms with Crippen molar-refractivity contribution in [2.75, 3.05) is 6.54 Å². The van der Waals surface area contributed by atoms with Gasteiger partial charge < -0.3 is 10.6 Å². The Labute approximate surface area is 119 Å². The molecule has 106 valence electrons. The van der Waals surface area contributed by atoms with E-state index in [1.165, 1.54) is 5.39 Å². The van der Waals surface area contributed by atoms with Gasteiger partial charge in [-0.05, 0) is 31.7 Å². The Hall–Kier alpha value is -1.94. The maximum absolute atomic E-state index is 11.7. The van der Waals surface area contributed by atoms with Gasteiger partial charge in [0.25, 0.3) is 0 Å². The SMILES string of the molecule is CC(C)(C)NC(=O)CNCc1cncc2ccccc12. The zero-order valence-electron chi connectivity index (χ0n) is 12.2. The minimum Gasteiger partial charge on any atom is -0.350 e. The molecule has 1 aromatic heterocycles. The van der Waals surface area contributed by atoms with Crippen LogP contribution in [0.15, 0.2) is 36.7 Å². The van der Waals surface area contributed by atoms with E-state index in [1.807, 2.05) is 51.4 Å². The van der Waals surface area contributed by atoms with Crippen LogP contribution in [-0.4, -0.2) is 23.0 Å². The predicted molar refractivity (Wildman–Crippen MR) is 81.3 cm³/mol. The number of aromatic nitrogens is 1. The van der Waals surface area contributed by atoms with Gasteiger partial charge in [0.2, 0.25) is 5.91 Å². The van der Waals surface area contributed by atoms with E-state index in [4.69, 9.17) is 0 Å². The van der Waals surface area contributed by atoms with Gasteiger partial charge >= 0.3 is 0 Å². The molecule has 20 heavy (non-hydrogen) atoms. The van der Waals surface area contributed by atoms with Crippen molar-refractivity contribution in [2.24, 2.45) is 0 Å². The smallest absolute Gasteiger partial charge is 0.234 e. The van der Waals surface area contributed by atoms with Crippen LogP contribution >= 0.6 is 0 Å². The molecule has 0 saturated heterocycles. The van der Waals surface area contributed by atoms with Crippen molar-refractivity contribution < 1.29 is 4.79 Å². The van der Waals surface area contributed by atoms with E-state index in [-0.39, 0.29) is 11.4 Å².